The van der Waals surface area contributed by atoms with E-state index in [-0.39, 0.29) is 19.0 Å². The Morgan fingerprint density at radius 2 is 1.63 bits per heavy atom. The molecule has 0 saturated carbocycles. The zero-order valence-corrected chi connectivity index (χ0v) is 13.0. The molecule has 0 amide bonds. The lowest BCUT2D eigenvalue weighted by atomic mass is 10.1. The molecule has 0 aliphatic rings. The summed E-state index contributed by atoms with van der Waals surface area (Å²) in [5, 5.41) is 8.83. The molecule has 0 aliphatic heterocycles. The molecular weight excluding hydrogens is 260 g/mol. The van der Waals surface area contributed by atoms with Gasteiger partial charge in [-0.2, -0.15) is 0 Å². The van der Waals surface area contributed by atoms with Gasteiger partial charge in [0.1, 0.15) is 18.9 Å². The van der Waals surface area contributed by atoms with Gasteiger partial charge in [-0.3, -0.25) is 0 Å². The van der Waals surface area contributed by atoms with Crippen LogP contribution in [0.1, 0.15) is 58.3 Å². The maximum atomic E-state index is 8.83. The molecule has 0 bridgehead atoms. The minimum absolute atomic E-state index is 0. The van der Waals surface area contributed by atoms with Crippen molar-refractivity contribution in [2.24, 2.45) is 0 Å². The van der Waals surface area contributed by atoms with Crippen molar-refractivity contribution in [3.05, 3.63) is 18.7 Å². The standard InChI is InChI=1S/C15H29N2O.ClH/c1-2-3-4-5-6-7-8-9-10-16-11-12-17(15-16)13-14-18;/h11-12,15,18H,2-10,13-14H2,1H3;1H/q+1;/p-1. The van der Waals surface area contributed by atoms with E-state index in [2.05, 4.69) is 24.0 Å². The fourth-order valence-electron chi connectivity index (χ4n) is 2.25. The van der Waals surface area contributed by atoms with E-state index < -0.39 is 0 Å². The molecule has 0 aromatic carbocycles. The lowest BCUT2D eigenvalue weighted by molar-refractivity contribution is -0.696. The van der Waals surface area contributed by atoms with Crippen molar-refractivity contribution in [1.29, 1.82) is 0 Å². The fourth-order valence-corrected chi connectivity index (χ4v) is 2.25. The number of hydrogen-bond acceptors (Lipinski definition) is 1. The van der Waals surface area contributed by atoms with Crippen molar-refractivity contribution in [2.45, 2.75) is 71.4 Å². The molecule has 1 N–H and O–H groups in total. The van der Waals surface area contributed by atoms with E-state index in [9.17, 15) is 0 Å². The third-order valence-electron chi connectivity index (χ3n) is 3.37. The van der Waals surface area contributed by atoms with Crippen LogP contribution < -0.4 is 17.0 Å². The third-order valence-corrected chi connectivity index (χ3v) is 3.37. The fraction of sp³-hybridized carbons (Fsp3) is 0.800. The summed E-state index contributed by atoms with van der Waals surface area (Å²) in [6.45, 7) is 4.28. The first-order chi connectivity index (χ1) is 8.86. The van der Waals surface area contributed by atoms with Crippen LogP contribution in [0, 0.1) is 0 Å². The van der Waals surface area contributed by atoms with Gasteiger partial charge in [0.05, 0.1) is 13.2 Å². The molecule has 3 nitrogen and oxygen atoms in total. The molecule has 19 heavy (non-hydrogen) atoms. The molecule has 0 aliphatic carbocycles. The molecule has 0 spiro atoms. The Morgan fingerprint density at radius 1 is 1.00 bits per heavy atom. The second-order valence-electron chi connectivity index (χ2n) is 5.09. The monoisotopic (exact) mass is 288 g/mol. The summed E-state index contributed by atoms with van der Waals surface area (Å²) in [6.07, 6.45) is 17.1. The van der Waals surface area contributed by atoms with Crippen LogP contribution in [-0.4, -0.2) is 16.3 Å². The van der Waals surface area contributed by atoms with Gasteiger partial charge in [-0.25, -0.2) is 9.13 Å². The van der Waals surface area contributed by atoms with E-state index in [4.69, 9.17) is 5.11 Å². The average Bonchev–Trinajstić information content (AvgIpc) is 2.81. The van der Waals surface area contributed by atoms with Crippen LogP contribution in [0.25, 0.3) is 0 Å². The normalized spacial score (nSPS) is 10.4. The zero-order valence-electron chi connectivity index (χ0n) is 12.2. The van der Waals surface area contributed by atoms with Gasteiger partial charge in [-0.15, -0.1) is 0 Å². The molecule has 0 fully saturated rings. The van der Waals surface area contributed by atoms with Crippen LogP contribution in [0.3, 0.4) is 0 Å². The molecule has 1 aromatic heterocycles. The number of nitrogens with zero attached hydrogens (tertiary/aromatic N) is 2. The highest BCUT2D eigenvalue weighted by Crippen LogP contribution is 2.08. The van der Waals surface area contributed by atoms with E-state index in [0.29, 0.717) is 6.54 Å². The Hall–Kier alpha value is -0.540. The highest BCUT2D eigenvalue weighted by molar-refractivity contribution is 4.65. The number of aliphatic hydroxyl groups excluding tert-OH is 1. The van der Waals surface area contributed by atoms with E-state index >= 15 is 0 Å². The number of imidazole rings is 1. The lowest BCUT2D eigenvalue weighted by Crippen LogP contribution is -3.00. The van der Waals surface area contributed by atoms with Crippen LogP contribution in [0.4, 0.5) is 0 Å². The maximum absolute atomic E-state index is 8.83. The van der Waals surface area contributed by atoms with Crippen LogP contribution >= 0.6 is 0 Å². The number of aliphatic hydroxyl groups is 1. The Morgan fingerprint density at radius 3 is 2.26 bits per heavy atom. The van der Waals surface area contributed by atoms with E-state index in [0.717, 1.165) is 6.54 Å². The van der Waals surface area contributed by atoms with Gasteiger partial charge in [-0.05, 0) is 12.8 Å². The van der Waals surface area contributed by atoms with Gasteiger partial charge in [0.15, 0.2) is 0 Å². The van der Waals surface area contributed by atoms with Gasteiger partial charge in [0, 0.05) is 0 Å². The SMILES string of the molecule is CCCCCCCCCC[n+]1ccn(CCO)c1.[Cl-]. The average molecular weight is 289 g/mol. The van der Waals surface area contributed by atoms with Gasteiger partial charge in [0.25, 0.3) is 0 Å². The molecule has 1 rings (SSSR count). The Kier molecular flexibility index (Phi) is 12.1. The Balaban J connectivity index is 0.00000324. The summed E-state index contributed by atoms with van der Waals surface area (Å²) in [5.74, 6) is 0. The first kappa shape index (κ1) is 18.5. The van der Waals surface area contributed by atoms with Crippen molar-refractivity contribution >= 4 is 0 Å². The molecule has 0 atom stereocenters. The van der Waals surface area contributed by atoms with Crippen LogP contribution in [-0.2, 0) is 13.1 Å². The third kappa shape index (κ3) is 9.06. The summed E-state index contributed by atoms with van der Waals surface area (Å²) in [5.41, 5.74) is 0. The van der Waals surface area contributed by atoms with Crippen molar-refractivity contribution in [3.63, 3.8) is 0 Å². The smallest absolute Gasteiger partial charge is 0.243 e. The van der Waals surface area contributed by atoms with E-state index in [1.807, 2.05) is 10.8 Å². The van der Waals surface area contributed by atoms with Crippen molar-refractivity contribution in [2.75, 3.05) is 6.61 Å². The first-order valence-corrected chi connectivity index (χ1v) is 7.52. The molecule has 0 radical (unpaired) electrons. The van der Waals surface area contributed by atoms with Gasteiger partial charge < -0.3 is 17.5 Å². The lowest BCUT2D eigenvalue weighted by Gasteiger charge is -2.00. The van der Waals surface area contributed by atoms with Crippen LogP contribution in [0.5, 0.6) is 0 Å². The molecule has 1 heterocycles. The highest BCUT2D eigenvalue weighted by atomic mass is 35.5. The number of halogens is 1. The molecule has 0 unspecified atom stereocenters. The Bertz CT molecular complexity index is 302. The molecule has 0 saturated heterocycles. The van der Waals surface area contributed by atoms with Crippen LogP contribution in [0.2, 0.25) is 0 Å². The zero-order chi connectivity index (χ0) is 13.1. The number of rotatable bonds is 11. The Labute approximate surface area is 124 Å². The van der Waals surface area contributed by atoms with E-state index in [1.54, 1.807) is 0 Å². The second-order valence-corrected chi connectivity index (χ2v) is 5.09. The minimum Gasteiger partial charge on any atom is -1.00 e. The molecule has 112 valence electrons. The predicted octanol–water partition coefficient (Wildman–Crippen LogP) is -0.0874. The van der Waals surface area contributed by atoms with Gasteiger partial charge in [0.2, 0.25) is 6.33 Å². The largest absolute Gasteiger partial charge is 1.00 e. The highest BCUT2D eigenvalue weighted by Gasteiger charge is 2.02. The van der Waals surface area contributed by atoms with Crippen LogP contribution in [0.15, 0.2) is 18.7 Å². The number of aryl methyl sites for hydroxylation is 1. The maximum Gasteiger partial charge on any atom is 0.243 e. The molecule has 1 aromatic rings. The van der Waals surface area contributed by atoms with Gasteiger partial charge in [-0.1, -0.05) is 45.4 Å². The van der Waals surface area contributed by atoms with E-state index in [1.165, 1.54) is 51.4 Å². The number of unbranched alkanes of at least 4 members (excludes halogenated alkanes) is 7. The minimum atomic E-state index is 0. The number of hydrogen-bond donors (Lipinski definition) is 1. The second kappa shape index (κ2) is 12.5. The van der Waals surface area contributed by atoms with Crippen molar-refractivity contribution in [3.8, 4) is 0 Å². The summed E-state index contributed by atoms with van der Waals surface area (Å²) in [4.78, 5) is 0. The van der Waals surface area contributed by atoms with Crippen molar-refractivity contribution < 1.29 is 22.1 Å². The summed E-state index contributed by atoms with van der Waals surface area (Å²) >= 11 is 0. The predicted molar refractivity (Wildman–Crippen MR) is 74.3 cm³/mol. The van der Waals surface area contributed by atoms with Gasteiger partial charge >= 0.3 is 0 Å². The van der Waals surface area contributed by atoms with Crippen molar-refractivity contribution in [1.82, 2.24) is 4.57 Å². The topological polar surface area (TPSA) is 29.0 Å². The first-order valence-electron chi connectivity index (χ1n) is 7.52. The quantitative estimate of drug-likeness (QED) is 0.448. The summed E-state index contributed by atoms with van der Waals surface area (Å²) < 4.78 is 4.25. The molecule has 4 heteroatoms. The summed E-state index contributed by atoms with van der Waals surface area (Å²) in [7, 11) is 0. The molecular formula is C15H29ClN2O. The number of aromatic nitrogens is 2. The summed E-state index contributed by atoms with van der Waals surface area (Å²) in [6, 6.07) is 0.